The molecule has 0 atom stereocenters. The average Bonchev–Trinajstić information content (AvgIpc) is 2.47. The molecule has 0 heterocycles. The average molecular weight is 246 g/mol. The molecule has 3 rings (SSSR count). The Morgan fingerprint density at radius 2 is 1.42 bits per heavy atom. The minimum atomic E-state index is 1.10. The lowest BCUT2D eigenvalue weighted by atomic mass is 9.98. The Bertz CT molecular complexity index is 672. The summed E-state index contributed by atoms with van der Waals surface area (Å²) in [6.45, 7) is 2.13. The first-order valence-corrected chi connectivity index (χ1v) is 6.85. The van der Waals surface area contributed by atoms with E-state index in [1.165, 1.54) is 27.5 Å². The molecule has 0 aliphatic rings. The summed E-state index contributed by atoms with van der Waals surface area (Å²) in [6, 6.07) is 24.1. The number of aryl methyl sites for hydroxylation is 3. The maximum Gasteiger partial charge on any atom is -0.0152 e. The van der Waals surface area contributed by atoms with Gasteiger partial charge in [-0.3, -0.25) is 0 Å². The molecule has 0 unspecified atom stereocenters. The van der Waals surface area contributed by atoms with E-state index >= 15 is 0 Å². The van der Waals surface area contributed by atoms with Gasteiger partial charge in [-0.1, -0.05) is 72.3 Å². The van der Waals surface area contributed by atoms with Gasteiger partial charge in [-0.05, 0) is 41.7 Å². The zero-order valence-electron chi connectivity index (χ0n) is 11.3. The van der Waals surface area contributed by atoms with Crippen LogP contribution in [0.2, 0.25) is 0 Å². The lowest BCUT2D eigenvalue weighted by Crippen LogP contribution is -1.92. The summed E-state index contributed by atoms with van der Waals surface area (Å²) in [6.07, 6.45) is 2.21. The van der Waals surface area contributed by atoms with Crippen molar-refractivity contribution < 1.29 is 0 Å². The minimum Gasteiger partial charge on any atom is -0.0616 e. The van der Waals surface area contributed by atoms with E-state index in [0.717, 1.165) is 12.8 Å². The monoisotopic (exact) mass is 246 g/mol. The molecule has 94 valence electrons. The third kappa shape index (κ3) is 2.68. The molecule has 3 aromatic carbocycles. The molecule has 0 saturated heterocycles. The van der Waals surface area contributed by atoms with E-state index in [-0.39, 0.29) is 0 Å². The first-order valence-electron chi connectivity index (χ1n) is 6.85. The molecule has 0 nitrogen and oxygen atoms in total. The third-order valence-electron chi connectivity index (χ3n) is 3.68. The predicted octanol–water partition coefficient (Wildman–Crippen LogP) is 4.93. The van der Waals surface area contributed by atoms with Crippen LogP contribution in [-0.2, 0) is 12.8 Å². The van der Waals surface area contributed by atoms with Crippen LogP contribution in [0.1, 0.15) is 16.7 Å². The SMILES string of the molecule is Cc1ccc(CCc2cccc3ccccc23)cc1. The van der Waals surface area contributed by atoms with Gasteiger partial charge in [0.2, 0.25) is 0 Å². The fourth-order valence-electron chi connectivity index (χ4n) is 2.54. The Balaban J connectivity index is 1.84. The molecule has 0 radical (unpaired) electrons. The van der Waals surface area contributed by atoms with Gasteiger partial charge < -0.3 is 0 Å². The second kappa shape index (κ2) is 5.27. The van der Waals surface area contributed by atoms with Gasteiger partial charge in [0.15, 0.2) is 0 Å². The standard InChI is InChI=1S/C19H18/c1-15-9-11-16(12-10-15)13-14-18-7-4-6-17-5-2-3-8-19(17)18/h2-12H,13-14H2,1H3. The highest BCUT2D eigenvalue weighted by Crippen LogP contribution is 2.20. The summed E-state index contributed by atoms with van der Waals surface area (Å²) >= 11 is 0. The van der Waals surface area contributed by atoms with Gasteiger partial charge in [-0.15, -0.1) is 0 Å². The number of fused-ring (bicyclic) bond motifs is 1. The quantitative estimate of drug-likeness (QED) is 0.614. The van der Waals surface area contributed by atoms with E-state index in [1.54, 1.807) is 0 Å². The molecule has 0 saturated carbocycles. The molecule has 0 aliphatic heterocycles. The summed E-state index contributed by atoms with van der Waals surface area (Å²) < 4.78 is 0. The molecule has 19 heavy (non-hydrogen) atoms. The Morgan fingerprint density at radius 1 is 0.684 bits per heavy atom. The summed E-state index contributed by atoms with van der Waals surface area (Å²) in [7, 11) is 0. The molecular formula is C19H18. The van der Waals surface area contributed by atoms with E-state index in [2.05, 4.69) is 73.7 Å². The van der Waals surface area contributed by atoms with Gasteiger partial charge in [0, 0.05) is 0 Å². The van der Waals surface area contributed by atoms with Crippen molar-refractivity contribution in [3.8, 4) is 0 Å². The van der Waals surface area contributed by atoms with E-state index < -0.39 is 0 Å². The van der Waals surface area contributed by atoms with Crippen molar-refractivity contribution in [2.45, 2.75) is 19.8 Å². The Labute approximate surface area is 114 Å². The van der Waals surface area contributed by atoms with Crippen molar-refractivity contribution in [1.29, 1.82) is 0 Å². The summed E-state index contributed by atoms with van der Waals surface area (Å²) in [4.78, 5) is 0. The fraction of sp³-hybridized carbons (Fsp3) is 0.158. The highest BCUT2D eigenvalue weighted by atomic mass is 14.1. The normalized spacial score (nSPS) is 10.8. The topological polar surface area (TPSA) is 0 Å². The van der Waals surface area contributed by atoms with Crippen LogP contribution < -0.4 is 0 Å². The van der Waals surface area contributed by atoms with Gasteiger partial charge in [-0.2, -0.15) is 0 Å². The number of rotatable bonds is 3. The van der Waals surface area contributed by atoms with E-state index in [0.29, 0.717) is 0 Å². The van der Waals surface area contributed by atoms with E-state index in [1.807, 2.05) is 0 Å². The number of hydrogen-bond acceptors (Lipinski definition) is 0. The van der Waals surface area contributed by atoms with Gasteiger partial charge in [-0.25, -0.2) is 0 Å². The maximum absolute atomic E-state index is 2.25. The van der Waals surface area contributed by atoms with Crippen molar-refractivity contribution in [3.63, 3.8) is 0 Å². The van der Waals surface area contributed by atoms with E-state index in [9.17, 15) is 0 Å². The number of benzene rings is 3. The van der Waals surface area contributed by atoms with Crippen LogP contribution in [0.4, 0.5) is 0 Å². The predicted molar refractivity (Wildman–Crippen MR) is 82.5 cm³/mol. The Hall–Kier alpha value is -2.08. The molecule has 0 fully saturated rings. The third-order valence-corrected chi connectivity index (χ3v) is 3.68. The first-order chi connectivity index (χ1) is 9.33. The van der Waals surface area contributed by atoms with Gasteiger partial charge in [0.25, 0.3) is 0 Å². The highest BCUT2D eigenvalue weighted by Gasteiger charge is 2.01. The molecule has 0 bridgehead atoms. The van der Waals surface area contributed by atoms with Gasteiger partial charge in [0.1, 0.15) is 0 Å². The molecule has 0 aliphatic carbocycles. The van der Waals surface area contributed by atoms with Crippen molar-refractivity contribution in [3.05, 3.63) is 83.4 Å². The number of hydrogen-bond donors (Lipinski definition) is 0. The lowest BCUT2D eigenvalue weighted by Gasteiger charge is -2.07. The zero-order valence-corrected chi connectivity index (χ0v) is 11.3. The highest BCUT2D eigenvalue weighted by molar-refractivity contribution is 5.85. The van der Waals surface area contributed by atoms with Gasteiger partial charge in [0.05, 0.1) is 0 Å². The Kier molecular flexibility index (Phi) is 3.33. The van der Waals surface area contributed by atoms with Crippen LogP contribution >= 0.6 is 0 Å². The molecular weight excluding hydrogens is 228 g/mol. The van der Waals surface area contributed by atoms with Crippen LogP contribution in [-0.4, -0.2) is 0 Å². The smallest absolute Gasteiger partial charge is 0.0152 e. The molecule has 0 heteroatoms. The largest absolute Gasteiger partial charge is 0.0616 e. The van der Waals surface area contributed by atoms with Crippen LogP contribution in [0.5, 0.6) is 0 Å². The first kappa shape index (κ1) is 12.0. The lowest BCUT2D eigenvalue weighted by molar-refractivity contribution is 0.968. The van der Waals surface area contributed by atoms with Crippen LogP contribution in [0.25, 0.3) is 10.8 Å². The van der Waals surface area contributed by atoms with Crippen molar-refractivity contribution in [1.82, 2.24) is 0 Å². The van der Waals surface area contributed by atoms with Crippen molar-refractivity contribution in [2.75, 3.05) is 0 Å². The van der Waals surface area contributed by atoms with Crippen LogP contribution in [0, 0.1) is 6.92 Å². The van der Waals surface area contributed by atoms with Crippen LogP contribution in [0.3, 0.4) is 0 Å². The second-order valence-electron chi connectivity index (χ2n) is 5.12. The van der Waals surface area contributed by atoms with Crippen molar-refractivity contribution in [2.24, 2.45) is 0 Å². The summed E-state index contributed by atoms with van der Waals surface area (Å²) in [5, 5.41) is 2.72. The maximum atomic E-state index is 2.25. The van der Waals surface area contributed by atoms with Gasteiger partial charge >= 0.3 is 0 Å². The Morgan fingerprint density at radius 3 is 2.26 bits per heavy atom. The molecule has 0 amide bonds. The molecule has 0 N–H and O–H groups in total. The fourth-order valence-corrected chi connectivity index (χ4v) is 2.54. The van der Waals surface area contributed by atoms with E-state index in [4.69, 9.17) is 0 Å². The summed E-state index contributed by atoms with van der Waals surface area (Å²) in [5.74, 6) is 0. The molecule has 0 aromatic heterocycles. The molecule has 0 spiro atoms. The summed E-state index contributed by atoms with van der Waals surface area (Å²) in [5.41, 5.74) is 4.19. The van der Waals surface area contributed by atoms with Crippen LogP contribution in [0.15, 0.2) is 66.7 Å². The minimum absolute atomic E-state index is 1.10. The second-order valence-corrected chi connectivity index (χ2v) is 5.12. The zero-order chi connectivity index (χ0) is 13.1. The molecule has 3 aromatic rings. The van der Waals surface area contributed by atoms with Crippen molar-refractivity contribution >= 4 is 10.8 Å².